The van der Waals surface area contributed by atoms with Gasteiger partial charge < -0.3 is 14.2 Å². The van der Waals surface area contributed by atoms with Gasteiger partial charge in [0, 0.05) is 6.92 Å². The van der Waals surface area contributed by atoms with E-state index in [1.807, 2.05) is 13.0 Å². The van der Waals surface area contributed by atoms with Gasteiger partial charge in [0.05, 0.1) is 6.61 Å². The second-order valence-corrected chi connectivity index (χ2v) is 3.32. The van der Waals surface area contributed by atoms with Crippen LogP contribution in [0.2, 0.25) is 0 Å². The minimum absolute atomic E-state index is 0.127. The van der Waals surface area contributed by atoms with Crippen molar-refractivity contribution in [1.82, 2.24) is 0 Å². The molecule has 2 rings (SSSR count). The molecule has 0 aromatic rings. The van der Waals surface area contributed by atoms with Crippen molar-refractivity contribution in [2.45, 2.75) is 32.3 Å². The Hall–Kier alpha value is -0.870. The summed E-state index contributed by atoms with van der Waals surface area (Å²) < 4.78 is 15.8. The molecule has 72 valence electrons. The van der Waals surface area contributed by atoms with E-state index in [-0.39, 0.29) is 24.5 Å². The van der Waals surface area contributed by atoms with Gasteiger partial charge in [-0.25, -0.2) is 0 Å². The predicted octanol–water partition coefficient (Wildman–Crippen LogP) is 0.619. The van der Waals surface area contributed by atoms with Gasteiger partial charge in [-0.2, -0.15) is 0 Å². The van der Waals surface area contributed by atoms with E-state index in [4.69, 9.17) is 14.2 Å². The fourth-order valence-electron chi connectivity index (χ4n) is 1.58. The summed E-state index contributed by atoms with van der Waals surface area (Å²) in [6, 6.07) is 0. The molecule has 0 aromatic carbocycles. The fourth-order valence-corrected chi connectivity index (χ4v) is 1.58. The van der Waals surface area contributed by atoms with Gasteiger partial charge in [0.15, 0.2) is 6.29 Å². The second-order valence-electron chi connectivity index (χ2n) is 3.32. The number of hydrogen-bond acceptors (Lipinski definition) is 4. The molecule has 2 aliphatic heterocycles. The Morgan fingerprint density at radius 2 is 2.46 bits per heavy atom. The number of hydrogen-bond donors (Lipinski definition) is 0. The largest absolute Gasteiger partial charge is 0.455 e. The van der Waals surface area contributed by atoms with Gasteiger partial charge in [0.25, 0.3) is 0 Å². The van der Waals surface area contributed by atoms with E-state index >= 15 is 0 Å². The van der Waals surface area contributed by atoms with Crippen LogP contribution in [0.15, 0.2) is 11.6 Å². The molecule has 4 heteroatoms. The molecule has 2 aliphatic rings. The molecule has 2 heterocycles. The smallest absolute Gasteiger partial charge is 0.303 e. The van der Waals surface area contributed by atoms with Crippen LogP contribution in [0.3, 0.4) is 0 Å². The molecular formula is C9H12O4. The van der Waals surface area contributed by atoms with Crippen LogP contribution in [-0.4, -0.2) is 31.1 Å². The van der Waals surface area contributed by atoms with Crippen LogP contribution in [0.1, 0.15) is 13.8 Å². The maximum Gasteiger partial charge on any atom is 0.303 e. The lowest BCUT2D eigenvalue weighted by Crippen LogP contribution is -2.34. The van der Waals surface area contributed by atoms with Crippen molar-refractivity contribution in [2.24, 2.45) is 0 Å². The van der Waals surface area contributed by atoms with E-state index in [9.17, 15) is 4.79 Å². The summed E-state index contributed by atoms with van der Waals surface area (Å²) in [7, 11) is 0. The Morgan fingerprint density at radius 1 is 1.69 bits per heavy atom. The highest BCUT2D eigenvalue weighted by molar-refractivity contribution is 5.66. The Balaban J connectivity index is 2.11. The highest BCUT2D eigenvalue weighted by Gasteiger charge is 2.38. The first-order valence-electron chi connectivity index (χ1n) is 4.29. The van der Waals surface area contributed by atoms with E-state index in [0.29, 0.717) is 6.61 Å². The van der Waals surface area contributed by atoms with E-state index < -0.39 is 0 Å². The first kappa shape index (κ1) is 8.72. The van der Waals surface area contributed by atoms with Crippen LogP contribution in [-0.2, 0) is 19.0 Å². The third-order valence-electron chi connectivity index (χ3n) is 2.18. The lowest BCUT2D eigenvalue weighted by atomic mass is 10.1. The number of carbonyl (C=O) groups is 1. The van der Waals surface area contributed by atoms with Gasteiger partial charge in [-0.15, -0.1) is 0 Å². The average Bonchev–Trinajstić information content (AvgIpc) is 2.44. The van der Waals surface area contributed by atoms with E-state index in [1.165, 1.54) is 6.92 Å². The summed E-state index contributed by atoms with van der Waals surface area (Å²) in [5.74, 6) is -0.289. The SMILES string of the molecule is CC(=O)O[C@@H]1C=C(C)[C@H]2OC[C@H]1O2. The lowest BCUT2D eigenvalue weighted by molar-refractivity contribution is -0.151. The monoisotopic (exact) mass is 184 g/mol. The van der Waals surface area contributed by atoms with Crippen LogP contribution in [0, 0.1) is 0 Å². The zero-order valence-electron chi connectivity index (χ0n) is 7.65. The molecule has 0 N–H and O–H groups in total. The number of esters is 1. The normalized spacial score (nSPS) is 37.1. The minimum Gasteiger partial charge on any atom is -0.455 e. The molecule has 0 radical (unpaired) electrons. The molecule has 0 spiro atoms. The molecule has 4 nitrogen and oxygen atoms in total. The Labute approximate surface area is 76.5 Å². The molecule has 2 bridgehead atoms. The molecule has 3 atom stereocenters. The van der Waals surface area contributed by atoms with Crippen LogP contribution >= 0.6 is 0 Å². The molecule has 1 saturated heterocycles. The number of ether oxygens (including phenoxy) is 3. The Bertz CT molecular complexity index is 258. The van der Waals surface area contributed by atoms with Gasteiger partial charge >= 0.3 is 5.97 Å². The lowest BCUT2D eigenvalue weighted by Gasteiger charge is -2.24. The first-order valence-corrected chi connectivity index (χ1v) is 4.29. The standard InChI is InChI=1S/C9H12O4/c1-5-3-7(12-6(2)10)8-4-11-9(5)13-8/h3,7-9H,4H2,1-2H3/t7-,8-,9+/m1/s1. The third kappa shape index (κ3) is 1.59. The van der Waals surface area contributed by atoms with E-state index in [0.717, 1.165) is 5.57 Å². The molecule has 0 amide bonds. The van der Waals surface area contributed by atoms with Gasteiger partial charge in [-0.3, -0.25) is 4.79 Å². The zero-order chi connectivity index (χ0) is 9.42. The Morgan fingerprint density at radius 3 is 3.15 bits per heavy atom. The highest BCUT2D eigenvalue weighted by atomic mass is 16.7. The maximum atomic E-state index is 10.7. The van der Waals surface area contributed by atoms with Crippen molar-refractivity contribution in [3.63, 3.8) is 0 Å². The number of carbonyl (C=O) groups excluding carboxylic acids is 1. The zero-order valence-corrected chi connectivity index (χ0v) is 7.65. The van der Waals surface area contributed by atoms with Crippen molar-refractivity contribution in [3.05, 3.63) is 11.6 Å². The topological polar surface area (TPSA) is 44.8 Å². The Kier molecular flexibility index (Phi) is 2.09. The van der Waals surface area contributed by atoms with Gasteiger partial charge in [-0.05, 0) is 18.6 Å². The van der Waals surface area contributed by atoms with Crippen molar-refractivity contribution in [3.8, 4) is 0 Å². The molecule has 0 unspecified atom stereocenters. The summed E-state index contributed by atoms with van der Waals surface area (Å²) in [6.45, 7) is 3.80. The van der Waals surface area contributed by atoms with Crippen LogP contribution in [0.25, 0.3) is 0 Å². The van der Waals surface area contributed by atoms with Crippen LogP contribution in [0.4, 0.5) is 0 Å². The van der Waals surface area contributed by atoms with Crippen molar-refractivity contribution < 1.29 is 19.0 Å². The molecular weight excluding hydrogens is 172 g/mol. The van der Waals surface area contributed by atoms with Crippen molar-refractivity contribution >= 4 is 5.97 Å². The number of rotatable bonds is 1. The molecule has 0 aromatic heterocycles. The fraction of sp³-hybridized carbons (Fsp3) is 0.667. The summed E-state index contributed by atoms with van der Waals surface area (Å²) in [4.78, 5) is 10.7. The van der Waals surface area contributed by atoms with E-state index in [2.05, 4.69) is 0 Å². The summed E-state index contributed by atoms with van der Waals surface area (Å²) >= 11 is 0. The van der Waals surface area contributed by atoms with Gasteiger partial charge in [0.1, 0.15) is 12.2 Å². The van der Waals surface area contributed by atoms with Crippen molar-refractivity contribution in [2.75, 3.05) is 6.61 Å². The quantitative estimate of drug-likeness (QED) is 0.442. The highest BCUT2D eigenvalue weighted by Crippen LogP contribution is 2.28. The van der Waals surface area contributed by atoms with Gasteiger partial charge in [-0.1, -0.05) is 0 Å². The van der Waals surface area contributed by atoms with Crippen LogP contribution in [0.5, 0.6) is 0 Å². The summed E-state index contributed by atoms with van der Waals surface area (Å²) in [5.41, 5.74) is 0.972. The summed E-state index contributed by atoms with van der Waals surface area (Å²) in [6.07, 6.45) is 1.26. The number of fused-ring (bicyclic) bond motifs is 2. The average molecular weight is 184 g/mol. The third-order valence-corrected chi connectivity index (χ3v) is 2.18. The molecule has 0 saturated carbocycles. The minimum atomic E-state index is -0.289. The molecule has 0 aliphatic carbocycles. The van der Waals surface area contributed by atoms with Gasteiger partial charge in [0.2, 0.25) is 0 Å². The molecule has 13 heavy (non-hydrogen) atoms. The van der Waals surface area contributed by atoms with E-state index in [1.54, 1.807) is 0 Å². The van der Waals surface area contributed by atoms with Crippen molar-refractivity contribution in [1.29, 1.82) is 0 Å². The second kappa shape index (κ2) is 3.12. The summed E-state index contributed by atoms with van der Waals surface area (Å²) in [5, 5.41) is 0. The maximum absolute atomic E-state index is 10.7. The predicted molar refractivity (Wildman–Crippen MR) is 43.9 cm³/mol. The molecule has 1 fully saturated rings. The first-order chi connectivity index (χ1) is 6.16. The van der Waals surface area contributed by atoms with Crippen LogP contribution < -0.4 is 0 Å².